The lowest BCUT2D eigenvalue weighted by atomic mass is 9.94. The third kappa shape index (κ3) is 5.04. The fraction of sp³-hybridized carbons (Fsp3) is 0. The molecule has 0 fully saturated rings. The molecule has 0 saturated carbocycles. The molecule has 244 valence electrons. The molecule has 0 aliphatic heterocycles. The number of fused-ring (bicyclic) bond motifs is 6. The van der Waals surface area contributed by atoms with Crippen LogP contribution in [-0.4, -0.2) is 4.57 Å². The van der Waals surface area contributed by atoms with Crippen molar-refractivity contribution in [2.24, 2.45) is 0 Å². The second-order valence-electron chi connectivity index (χ2n) is 13.4. The maximum absolute atomic E-state index is 2.39. The molecule has 2 heteroatoms. The molecule has 2 nitrogen and oxygen atoms in total. The lowest BCUT2D eigenvalue weighted by molar-refractivity contribution is 1.18. The third-order valence-corrected chi connectivity index (χ3v) is 10.4. The third-order valence-electron chi connectivity index (χ3n) is 10.4. The van der Waals surface area contributed by atoms with E-state index in [-0.39, 0.29) is 0 Å². The molecule has 1 aromatic heterocycles. The van der Waals surface area contributed by atoms with Crippen molar-refractivity contribution < 1.29 is 0 Å². The van der Waals surface area contributed by atoms with E-state index in [1.165, 1.54) is 65.6 Å². The van der Waals surface area contributed by atoms with E-state index in [0.717, 1.165) is 22.7 Å². The molecule has 1 heterocycles. The van der Waals surface area contributed by atoms with E-state index in [2.05, 4.69) is 216 Å². The number of nitrogens with zero attached hydrogens (tertiary/aromatic N) is 2. The first-order chi connectivity index (χ1) is 25.8. The molecule has 0 atom stereocenters. The van der Waals surface area contributed by atoms with E-state index >= 15 is 0 Å². The molecular weight excluding hydrogens is 629 g/mol. The summed E-state index contributed by atoms with van der Waals surface area (Å²) in [6.45, 7) is 0. The van der Waals surface area contributed by atoms with Crippen molar-refractivity contribution in [3.8, 4) is 27.9 Å². The quantitative estimate of drug-likeness (QED) is 0.161. The predicted octanol–water partition coefficient (Wildman–Crippen LogP) is 13.9. The van der Waals surface area contributed by atoms with Gasteiger partial charge in [-0.05, 0) is 98.4 Å². The Labute approximate surface area is 303 Å². The predicted molar refractivity (Wildman–Crippen MR) is 221 cm³/mol. The highest BCUT2D eigenvalue weighted by molar-refractivity contribution is 6.13. The van der Waals surface area contributed by atoms with Gasteiger partial charge in [0, 0.05) is 33.5 Å². The Balaban J connectivity index is 1.18. The molecule has 0 aliphatic rings. The number of hydrogen-bond acceptors (Lipinski definition) is 1. The smallest absolute Gasteiger partial charge is 0.0561 e. The summed E-state index contributed by atoms with van der Waals surface area (Å²) in [4.78, 5) is 2.39. The molecule has 0 N–H and O–H groups in total. The van der Waals surface area contributed by atoms with E-state index < -0.39 is 0 Å². The van der Waals surface area contributed by atoms with Crippen LogP contribution in [-0.2, 0) is 0 Å². The van der Waals surface area contributed by atoms with Crippen LogP contribution >= 0.6 is 0 Å². The molecule has 0 aliphatic carbocycles. The van der Waals surface area contributed by atoms with E-state index in [1.54, 1.807) is 0 Å². The number of hydrogen-bond donors (Lipinski definition) is 0. The van der Waals surface area contributed by atoms with Crippen LogP contribution in [0.5, 0.6) is 0 Å². The zero-order valence-electron chi connectivity index (χ0n) is 28.5. The molecule has 52 heavy (non-hydrogen) atoms. The van der Waals surface area contributed by atoms with E-state index in [0.29, 0.717) is 0 Å². The van der Waals surface area contributed by atoms with Crippen molar-refractivity contribution in [3.63, 3.8) is 0 Å². The van der Waals surface area contributed by atoms with Gasteiger partial charge in [0.1, 0.15) is 0 Å². The summed E-state index contributed by atoms with van der Waals surface area (Å²) in [5.74, 6) is 0. The van der Waals surface area contributed by atoms with Gasteiger partial charge in [-0.1, -0.05) is 152 Å². The monoisotopic (exact) mass is 662 g/mol. The van der Waals surface area contributed by atoms with E-state index in [4.69, 9.17) is 0 Å². The topological polar surface area (TPSA) is 8.17 Å². The molecule has 10 aromatic rings. The zero-order valence-corrected chi connectivity index (χ0v) is 28.5. The zero-order chi connectivity index (χ0) is 34.4. The first-order valence-electron chi connectivity index (χ1n) is 17.9. The van der Waals surface area contributed by atoms with Gasteiger partial charge in [-0.15, -0.1) is 0 Å². The van der Waals surface area contributed by atoms with Gasteiger partial charge in [0.05, 0.1) is 11.0 Å². The van der Waals surface area contributed by atoms with Crippen molar-refractivity contribution in [1.29, 1.82) is 0 Å². The Morgan fingerprint density at radius 1 is 0.308 bits per heavy atom. The number of aromatic nitrogens is 1. The molecule has 0 saturated heterocycles. The Hall–Kier alpha value is -6.90. The van der Waals surface area contributed by atoms with Crippen LogP contribution in [0.2, 0.25) is 0 Å². The molecule has 0 bridgehead atoms. The number of para-hydroxylation sites is 2. The van der Waals surface area contributed by atoms with Crippen LogP contribution in [0.1, 0.15) is 0 Å². The summed E-state index contributed by atoms with van der Waals surface area (Å²) >= 11 is 0. The summed E-state index contributed by atoms with van der Waals surface area (Å²) in [5.41, 5.74) is 11.6. The van der Waals surface area contributed by atoms with E-state index in [9.17, 15) is 0 Å². The van der Waals surface area contributed by atoms with Crippen molar-refractivity contribution in [1.82, 2.24) is 4.57 Å². The molecule has 0 radical (unpaired) electrons. The largest absolute Gasteiger partial charge is 0.310 e. The van der Waals surface area contributed by atoms with Crippen molar-refractivity contribution >= 4 is 60.4 Å². The number of rotatable bonds is 6. The van der Waals surface area contributed by atoms with Gasteiger partial charge in [-0.3, -0.25) is 0 Å². The van der Waals surface area contributed by atoms with Gasteiger partial charge in [0.25, 0.3) is 0 Å². The Kier molecular flexibility index (Phi) is 7.18. The van der Waals surface area contributed by atoms with Gasteiger partial charge in [-0.25, -0.2) is 0 Å². The second-order valence-corrected chi connectivity index (χ2v) is 13.4. The number of anilines is 3. The van der Waals surface area contributed by atoms with Gasteiger partial charge >= 0.3 is 0 Å². The average Bonchev–Trinajstić information content (AvgIpc) is 3.55. The summed E-state index contributed by atoms with van der Waals surface area (Å²) in [6, 6.07) is 74.7. The standard InChI is InChI=1S/C50H34N2/c1-3-13-35(14-4-1)36-25-28-40(29-26-36)51(42-30-32-48-47-21-9-10-24-49(47)52(50(48)34-42)39-17-5-2-6-18-39)41-19-11-16-38(33-41)44-22-12-23-45-43-20-8-7-15-37(43)27-31-46(44)45/h1-34H. The lowest BCUT2D eigenvalue weighted by Gasteiger charge is -2.27. The Morgan fingerprint density at radius 2 is 0.904 bits per heavy atom. The summed E-state index contributed by atoms with van der Waals surface area (Å²) in [6.07, 6.45) is 0. The molecule has 9 aromatic carbocycles. The normalized spacial score (nSPS) is 11.5. The molecule has 10 rings (SSSR count). The second kappa shape index (κ2) is 12.5. The number of benzene rings is 9. The summed E-state index contributed by atoms with van der Waals surface area (Å²) < 4.78 is 2.39. The van der Waals surface area contributed by atoms with Gasteiger partial charge in [0.2, 0.25) is 0 Å². The highest BCUT2D eigenvalue weighted by atomic mass is 15.1. The average molecular weight is 663 g/mol. The Bertz CT molecular complexity index is 2890. The highest BCUT2D eigenvalue weighted by Crippen LogP contribution is 2.42. The lowest BCUT2D eigenvalue weighted by Crippen LogP contribution is -2.10. The van der Waals surface area contributed by atoms with Crippen LogP contribution in [0.4, 0.5) is 17.1 Å². The van der Waals surface area contributed by atoms with Crippen molar-refractivity contribution in [2.45, 2.75) is 0 Å². The first-order valence-corrected chi connectivity index (χ1v) is 17.9. The summed E-state index contributed by atoms with van der Waals surface area (Å²) in [5, 5.41) is 7.55. The Morgan fingerprint density at radius 3 is 1.75 bits per heavy atom. The SMILES string of the molecule is c1ccc(-c2ccc(N(c3cccc(-c4cccc5c4ccc4ccccc45)c3)c3ccc4c5ccccc5n(-c5ccccc5)c4c3)cc2)cc1. The van der Waals surface area contributed by atoms with Gasteiger partial charge in [-0.2, -0.15) is 0 Å². The van der Waals surface area contributed by atoms with Crippen LogP contribution < -0.4 is 4.90 Å². The van der Waals surface area contributed by atoms with Gasteiger partial charge < -0.3 is 9.47 Å². The maximum Gasteiger partial charge on any atom is 0.0561 e. The minimum Gasteiger partial charge on any atom is -0.310 e. The summed E-state index contributed by atoms with van der Waals surface area (Å²) in [7, 11) is 0. The van der Waals surface area contributed by atoms with Gasteiger partial charge in [0.15, 0.2) is 0 Å². The minimum absolute atomic E-state index is 1.10. The molecular formula is C50H34N2. The minimum atomic E-state index is 1.10. The van der Waals surface area contributed by atoms with Crippen LogP contribution in [0.15, 0.2) is 206 Å². The fourth-order valence-corrected chi connectivity index (χ4v) is 7.94. The maximum atomic E-state index is 2.39. The molecule has 0 unspecified atom stereocenters. The van der Waals surface area contributed by atoms with E-state index in [1.807, 2.05) is 0 Å². The van der Waals surface area contributed by atoms with Crippen LogP contribution in [0.3, 0.4) is 0 Å². The van der Waals surface area contributed by atoms with Crippen molar-refractivity contribution in [3.05, 3.63) is 206 Å². The fourth-order valence-electron chi connectivity index (χ4n) is 7.94. The van der Waals surface area contributed by atoms with Crippen molar-refractivity contribution in [2.75, 3.05) is 4.90 Å². The highest BCUT2D eigenvalue weighted by Gasteiger charge is 2.18. The molecule has 0 amide bonds. The molecule has 0 spiro atoms. The van der Waals surface area contributed by atoms with Crippen LogP contribution in [0, 0.1) is 0 Å². The first kappa shape index (κ1) is 30.0. The van der Waals surface area contributed by atoms with Crippen LogP contribution in [0.25, 0.3) is 71.3 Å².